The van der Waals surface area contributed by atoms with Crippen LogP contribution in [0.5, 0.6) is 0 Å². The monoisotopic (exact) mass is 1120 g/mol. The van der Waals surface area contributed by atoms with Crippen molar-refractivity contribution in [2.24, 2.45) is 0 Å². The predicted molar refractivity (Wildman–Crippen MR) is 352 cm³/mol. The number of rotatable bonds is 59. The highest BCUT2D eigenvalue weighted by molar-refractivity contribution is 5.71. The fourth-order valence-electron chi connectivity index (χ4n) is 8.92. The van der Waals surface area contributed by atoms with E-state index in [4.69, 9.17) is 14.2 Å². The van der Waals surface area contributed by atoms with Gasteiger partial charge in [-0.15, -0.1) is 0 Å². The zero-order valence-electron chi connectivity index (χ0n) is 52.5. The molecule has 0 aliphatic carbocycles. The number of carbonyl (C=O) groups is 3. The number of allylic oxidation sites excluding steroid dienone is 24. The number of hydrogen-bond acceptors (Lipinski definition) is 6. The van der Waals surface area contributed by atoms with E-state index >= 15 is 0 Å². The van der Waals surface area contributed by atoms with Crippen LogP contribution in [0.15, 0.2) is 146 Å². The quantitative estimate of drug-likeness (QED) is 0.0261. The molecule has 1 atom stereocenters. The van der Waals surface area contributed by atoms with Crippen LogP contribution in [-0.4, -0.2) is 37.2 Å². The molecule has 0 aromatic rings. The van der Waals surface area contributed by atoms with Gasteiger partial charge in [0.15, 0.2) is 6.10 Å². The van der Waals surface area contributed by atoms with Gasteiger partial charge in [0, 0.05) is 19.3 Å². The minimum atomic E-state index is -0.786. The van der Waals surface area contributed by atoms with Crippen LogP contribution >= 0.6 is 0 Å². The fraction of sp³-hybridized carbons (Fsp3) is 0.640. The van der Waals surface area contributed by atoms with Gasteiger partial charge in [0.25, 0.3) is 0 Å². The van der Waals surface area contributed by atoms with Crippen molar-refractivity contribution in [3.63, 3.8) is 0 Å². The maximum absolute atomic E-state index is 12.8. The van der Waals surface area contributed by atoms with E-state index in [2.05, 4.69) is 167 Å². The Kier molecular flexibility index (Phi) is 63.9. The van der Waals surface area contributed by atoms with E-state index in [1.165, 1.54) is 103 Å². The van der Waals surface area contributed by atoms with E-state index < -0.39 is 6.10 Å². The highest BCUT2D eigenvalue weighted by atomic mass is 16.6. The van der Waals surface area contributed by atoms with Crippen molar-refractivity contribution in [1.82, 2.24) is 0 Å². The van der Waals surface area contributed by atoms with Crippen LogP contribution in [-0.2, 0) is 28.6 Å². The molecule has 0 amide bonds. The summed E-state index contributed by atoms with van der Waals surface area (Å²) >= 11 is 0. The van der Waals surface area contributed by atoms with E-state index in [0.29, 0.717) is 19.3 Å². The van der Waals surface area contributed by atoms with Gasteiger partial charge in [0.2, 0.25) is 0 Å². The molecule has 0 rings (SSSR count). The van der Waals surface area contributed by atoms with Crippen LogP contribution in [0.4, 0.5) is 0 Å². The highest BCUT2D eigenvalue weighted by Gasteiger charge is 2.19. The largest absolute Gasteiger partial charge is 0.462 e. The summed E-state index contributed by atoms with van der Waals surface area (Å²) in [6.07, 6.45) is 97.7. The van der Waals surface area contributed by atoms with Crippen molar-refractivity contribution < 1.29 is 28.6 Å². The lowest BCUT2D eigenvalue weighted by atomic mass is 10.0. The SMILES string of the molecule is CC/C=C\C/C=C\C/C=C\C/C=C\C/C=C\C/C=C\C/C=C\CCCCCCCCCCCCCCCC(=O)OCC(COC(=O)CCCCCCC)OC(=O)CCCCCCCCC/C=C\C/C=C\C/C=C\C/C=C\C/C=C\CC. The summed E-state index contributed by atoms with van der Waals surface area (Å²) in [6, 6.07) is 0. The second kappa shape index (κ2) is 67.8. The van der Waals surface area contributed by atoms with Crippen LogP contribution in [0.1, 0.15) is 290 Å². The molecular formula is C75H122O6. The van der Waals surface area contributed by atoms with Crippen LogP contribution < -0.4 is 0 Å². The number of unbranched alkanes of at least 4 members (excludes halogenated alkanes) is 24. The van der Waals surface area contributed by atoms with Gasteiger partial charge >= 0.3 is 17.9 Å². The lowest BCUT2D eigenvalue weighted by Crippen LogP contribution is -2.30. The summed E-state index contributed by atoms with van der Waals surface area (Å²) < 4.78 is 16.8. The minimum absolute atomic E-state index is 0.0857. The standard InChI is InChI=1S/C75H122O6/c1-4-7-10-13-15-17-19-21-23-25-27-29-31-32-33-34-35-36-37-38-39-40-41-42-44-45-47-49-51-53-55-57-59-62-65-68-74(77)80-71-72(70-79-73(76)67-64-61-12-9-6-3)81-75(78)69-66-63-60-58-56-54-52-50-48-46-43-30-28-26-24-22-20-18-16-14-11-8-5-2/h7-8,10-11,15-18,21-24,27-30,32-33,35-36,38-39,46,48,72H,4-6,9,12-14,19-20,25-26,31,34,37,40-45,47,49-71H2,1-3H3/b10-7-,11-8-,17-15-,18-16-,23-21-,24-22-,29-27-,30-28-,33-32-,36-35-,39-38-,48-46-. The van der Waals surface area contributed by atoms with E-state index in [0.717, 1.165) is 148 Å². The molecule has 0 fully saturated rings. The highest BCUT2D eigenvalue weighted by Crippen LogP contribution is 2.16. The molecule has 0 N–H and O–H groups in total. The zero-order chi connectivity index (χ0) is 58.5. The van der Waals surface area contributed by atoms with Crippen molar-refractivity contribution in [3.8, 4) is 0 Å². The first-order valence-electron chi connectivity index (χ1n) is 33.3. The third-order valence-electron chi connectivity index (χ3n) is 13.8. The Balaban J connectivity index is 4.04. The molecule has 0 aromatic heterocycles. The van der Waals surface area contributed by atoms with Crippen molar-refractivity contribution in [2.75, 3.05) is 13.2 Å². The lowest BCUT2D eigenvalue weighted by molar-refractivity contribution is -0.167. The van der Waals surface area contributed by atoms with Gasteiger partial charge in [-0.2, -0.15) is 0 Å². The van der Waals surface area contributed by atoms with Gasteiger partial charge in [0.05, 0.1) is 0 Å². The summed E-state index contributed by atoms with van der Waals surface area (Å²) in [5, 5.41) is 0. The molecule has 0 bridgehead atoms. The van der Waals surface area contributed by atoms with Crippen LogP contribution in [0.25, 0.3) is 0 Å². The molecule has 458 valence electrons. The predicted octanol–water partition coefficient (Wildman–Crippen LogP) is 23.1. The average Bonchev–Trinajstić information content (AvgIpc) is 3.47. The van der Waals surface area contributed by atoms with Gasteiger partial charge in [-0.3, -0.25) is 14.4 Å². The van der Waals surface area contributed by atoms with E-state index in [9.17, 15) is 14.4 Å². The van der Waals surface area contributed by atoms with Crippen LogP contribution in [0, 0.1) is 0 Å². The van der Waals surface area contributed by atoms with E-state index in [1.807, 2.05) is 0 Å². The number of hydrogen-bond donors (Lipinski definition) is 0. The molecule has 0 aliphatic heterocycles. The number of ether oxygens (including phenoxy) is 3. The van der Waals surface area contributed by atoms with Crippen molar-refractivity contribution >= 4 is 17.9 Å². The number of carbonyl (C=O) groups excluding carboxylic acids is 3. The summed E-state index contributed by atoms with van der Waals surface area (Å²) in [5.41, 5.74) is 0. The summed E-state index contributed by atoms with van der Waals surface area (Å²) in [4.78, 5) is 38.0. The van der Waals surface area contributed by atoms with Gasteiger partial charge < -0.3 is 14.2 Å². The zero-order valence-corrected chi connectivity index (χ0v) is 52.5. The Morgan fingerprint density at radius 2 is 0.481 bits per heavy atom. The summed E-state index contributed by atoms with van der Waals surface area (Å²) in [6.45, 7) is 6.32. The molecule has 0 heterocycles. The second-order valence-corrected chi connectivity index (χ2v) is 21.6. The minimum Gasteiger partial charge on any atom is -0.462 e. The molecule has 6 nitrogen and oxygen atoms in total. The second-order valence-electron chi connectivity index (χ2n) is 21.6. The summed E-state index contributed by atoms with van der Waals surface area (Å²) in [7, 11) is 0. The first-order valence-corrected chi connectivity index (χ1v) is 33.3. The maximum Gasteiger partial charge on any atom is 0.306 e. The van der Waals surface area contributed by atoms with Crippen LogP contribution in [0.3, 0.4) is 0 Å². The molecule has 0 saturated heterocycles. The smallest absolute Gasteiger partial charge is 0.306 e. The Bertz CT molecular complexity index is 1760. The van der Waals surface area contributed by atoms with Crippen molar-refractivity contribution in [2.45, 2.75) is 297 Å². The Morgan fingerprint density at radius 3 is 0.753 bits per heavy atom. The first kappa shape index (κ1) is 76.3. The Morgan fingerprint density at radius 1 is 0.259 bits per heavy atom. The van der Waals surface area contributed by atoms with Gasteiger partial charge in [-0.05, 0) is 122 Å². The summed E-state index contributed by atoms with van der Waals surface area (Å²) in [5.74, 6) is -0.910. The molecule has 0 saturated carbocycles. The van der Waals surface area contributed by atoms with E-state index in [-0.39, 0.29) is 31.1 Å². The molecule has 0 spiro atoms. The Labute approximate surface area is 499 Å². The first-order chi connectivity index (χ1) is 40.0. The third kappa shape index (κ3) is 66.0. The molecule has 0 aromatic carbocycles. The number of esters is 3. The van der Waals surface area contributed by atoms with E-state index in [1.54, 1.807) is 0 Å². The molecule has 0 aliphatic rings. The maximum atomic E-state index is 12.8. The molecule has 0 radical (unpaired) electrons. The molecule has 1 unspecified atom stereocenters. The molecule has 6 heteroatoms. The van der Waals surface area contributed by atoms with Gasteiger partial charge in [-0.25, -0.2) is 0 Å². The van der Waals surface area contributed by atoms with Crippen molar-refractivity contribution in [3.05, 3.63) is 146 Å². The molecule has 81 heavy (non-hydrogen) atoms. The average molecular weight is 1120 g/mol. The topological polar surface area (TPSA) is 78.9 Å². The lowest BCUT2D eigenvalue weighted by Gasteiger charge is -2.18. The third-order valence-corrected chi connectivity index (χ3v) is 13.8. The normalized spacial score (nSPS) is 13.1. The van der Waals surface area contributed by atoms with Crippen molar-refractivity contribution in [1.29, 1.82) is 0 Å². The Hall–Kier alpha value is -4.71. The fourth-order valence-corrected chi connectivity index (χ4v) is 8.92. The molecular weight excluding hydrogens is 997 g/mol. The van der Waals surface area contributed by atoms with Gasteiger partial charge in [-0.1, -0.05) is 295 Å². The van der Waals surface area contributed by atoms with Gasteiger partial charge in [0.1, 0.15) is 13.2 Å². The van der Waals surface area contributed by atoms with Crippen LogP contribution in [0.2, 0.25) is 0 Å².